The summed E-state index contributed by atoms with van der Waals surface area (Å²) in [4.78, 5) is 11.9. The number of rotatable bonds is 7. The SMILES string of the molecule is O=C(NCC1(CCO)CC1)c1ccc(OC(F)F)cc1. The molecule has 1 aromatic carbocycles. The van der Waals surface area contributed by atoms with Crippen LogP contribution < -0.4 is 10.1 Å². The van der Waals surface area contributed by atoms with Crippen LogP contribution >= 0.6 is 0 Å². The van der Waals surface area contributed by atoms with Crippen LogP contribution in [-0.2, 0) is 0 Å². The predicted octanol–water partition coefficient (Wildman–Crippen LogP) is 2.18. The molecule has 0 unspecified atom stereocenters. The summed E-state index contributed by atoms with van der Waals surface area (Å²) < 4.78 is 28.2. The number of benzene rings is 1. The topological polar surface area (TPSA) is 58.6 Å². The van der Waals surface area contributed by atoms with Crippen molar-refractivity contribution < 1.29 is 23.4 Å². The zero-order valence-corrected chi connectivity index (χ0v) is 10.9. The number of aliphatic hydroxyl groups excluding tert-OH is 1. The zero-order chi connectivity index (χ0) is 14.6. The molecular formula is C14H17F2NO3. The van der Waals surface area contributed by atoms with Crippen LogP contribution in [0.5, 0.6) is 5.75 Å². The van der Waals surface area contributed by atoms with E-state index in [2.05, 4.69) is 10.1 Å². The van der Waals surface area contributed by atoms with Crippen LogP contribution in [0.15, 0.2) is 24.3 Å². The molecular weight excluding hydrogens is 268 g/mol. The Labute approximate surface area is 115 Å². The van der Waals surface area contributed by atoms with E-state index in [0.717, 1.165) is 12.8 Å². The van der Waals surface area contributed by atoms with E-state index in [-0.39, 0.29) is 23.7 Å². The largest absolute Gasteiger partial charge is 0.435 e. The Bertz CT molecular complexity index is 458. The van der Waals surface area contributed by atoms with Crippen molar-refractivity contribution in [2.45, 2.75) is 25.9 Å². The maximum atomic E-state index is 12.0. The number of nitrogens with one attached hydrogen (secondary N) is 1. The summed E-state index contributed by atoms with van der Waals surface area (Å²) in [6.07, 6.45) is 2.71. The van der Waals surface area contributed by atoms with Crippen LogP contribution in [-0.4, -0.2) is 30.8 Å². The molecule has 1 aliphatic rings. The Kier molecular flexibility index (Phi) is 4.54. The van der Waals surface area contributed by atoms with Crippen LogP contribution in [0.4, 0.5) is 8.78 Å². The van der Waals surface area contributed by atoms with Crippen LogP contribution in [0.3, 0.4) is 0 Å². The predicted molar refractivity (Wildman–Crippen MR) is 68.8 cm³/mol. The molecule has 4 nitrogen and oxygen atoms in total. The second-order valence-corrected chi connectivity index (χ2v) is 5.06. The Balaban J connectivity index is 1.86. The summed E-state index contributed by atoms with van der Waals surface area (Å²) in [6, 6.07) is 5.56. The molecule has 0 atom stereocenters. The van der Waals surface area contributed by atoms with Crippen LogP contribution in [0.25, 0.3) is 0 Å². The monoisotopic (exact) mass is 285 g/mol. The quantitative estimate of drug-likeness (QED) is 0.807. The van der Waals surface area contributed by atoms with Gasteiger partial charge in [-0.25, -0.2) is 0 Å². The third-order valence-corrected chi connectivity index (χ3v) is 3.56. The second kappa shape index (κ2) is 6.17. The van der Waals surface area contributed by atoms with E-state index in [1.165, 1.54) is 24.3 Å². The smallest absolute Gasteiger partial charge is 0.387 e. The number of halogens is 2. The third-order valence-electron chi connectivity index (χ3n) is 3.56. The van der Waals surface area contributed by atoms with Gasteiger partial charge in [0.2, 0.25) is 0 Å². The van der Waals surface area contributed by atoms with Crippen molar-refractivity contribution in [2.75, 3.05) is 13.2 Å². The van der Waals surface area contributed by atoms with Gasteiger partial charge in [-0.1, -0.05) is 0 Å². The van der Waals surface area contributed by atoms with Crippen molar-refractivity contribution >= 4 is 5.91 Å². The van der Waals surface area contributed by atoms with Crippen molar-refractivity contribution in [3.8, 4) is 5.75 Å². The number of carbonyl (C=O) groups excluding carboxylic acids is 1. The van der Waals surface area contributed by atoms with E-state index < -0.39 is 6.61 Å². The highest BCUT2D eigenvalue weighted by Gasteiger charge is 2.41. The van der Waals surface area contributed by atoms with Gasteiger partial charge in [-0.05, 0) is 48.9 Å². The maximum absolute atomic E-state index is 12.0. The number of alkyl halides is 2. The molecule has 20 heavy (non-hydrogen) atoms. The van der Waals surface area contributed by atoms with Gasteiger partial charge >= 0.3 is 6.61 Å². The minimum absolute atomic E-state index is 0.0236. The fourth-order valence-electron chi connectivity index (χ4n) is 2.09. The molecule has 2 rings (SSSR count). The Hall–Kier alpha value is -1.69. The lowest BCUT2D eigenvalue weighted by Gasteiger charge is -2.14. The summed E-state index contributed by atoms with van der Waals surface area (Å²) in [5.74, 6) is -0.228. The lowest BCUT2D eigenvalue weighted by molar-refractivity contribution is -0.0498. The average molecular weight is 285 g/mol. The highest BCUT2D eigenvalue weighted by molar-refractivity contribution is 5.94. The molecule has 110 valence electrons. The van der Waals surface area contributed by atoms with Gasteiger partial charge in [0.15, 0.2) is 0 Å². The number of aliphatic hydroxyl groups is 1. The van der Waals surface area contributed by atoms with Gasteiger partial charge in [0.1, 0.15) is 5.75 Å². The van der Waals surface area contributed by atoms with Crippen LogP contribution in [0.2, 0.25) is 0 Å². The van der Waals surface area contributed by atoms with Crippen LogP contribution in [0.1, 0.15) is 29.6 Å². The van der Waals surface area contributed by atoms with Gasteiger partial charge < -0.3 is 15.2 Å². The van der Waals surface area contributed by atoms with Gasteiger partial charge in [0.25, 0.3) is 5.91 Å². The minimum Gasteiger partial charge on any atom is -0.435 e. The molecule has 1 aromatic rings. The number of amides is 1. The molecule has 1 aliphatic carbocycles. The number of carbonyl (C=O) groups is 1. The number of ether oxygens (including phenoxy) is 1. The Morgan fingerprint density at radius 3 is 2.50 bits per heavy atom. The standard InChI is InChI=1S/C14H17F2NO3/c15-13(16)20-11-3-1-10(2-4-11)12(19)17-9-14(5-6-14)7-8-18/h1-4,13,18H,5-9H2,(H,17,19). The van der Waals surface area contributed by atoms with Gasteiger partial charge in [0, 0.05) is 18.7 Å². The molecule has 0 heterocycles. The molecule has 6 heteroatoms. The fourth-order valence-corrected chi connectivity index (χ4v) is 2.09. The molecule has 0 spiro atoms. The first-order chi connectivity index (χ1) is 9.54. The zero-order valence-electron chi connectivity index (χ0n) is 10.9. The summed E-state index contributed by atoms with van der Waals surface area (Å²) in [7, 11) is 0. The minimum atomic E-state index is -2.87. The third kappa shape index (κ3) is 3.90. The molecule has 0 aliphatic heterocycles. The first-order valence-corrected chi connectivity index (χ1v) is 6.49. The summed E-state index contributed by atoms with van der Waals surface area (Å²) >= 11 is 0. The van der Waals surface area contributed by atoms with Gasteiger partial charge in [0.05, 0.1) is 0 Å². The van der Waals surface area contributed by atoms with Crippen LogP contribution in [0, 0.1) is 5.41 Å². The van der Waals surface area contributed by atoms with Gasteiger partial charge in [-0.2, -0.15) is 8.78 Å². The van der Waals surface area contributed by atoms with E-state index in [9.17, 15) is 13.6 Å². The molecule has 1 saturated carbocycles. The number of hydrogen-bond acceptors (Lipinski definition) is 3. The van der Waals surface area contributed by atoms with E-state index >= 15 is 0 Å². The normalized spacial score (nSPS) is 16.0. The molecule has 0 radical (unpaired) electrons. The maximum Gasteiger partial charge on any atom is 0.387 e. The first-order valence-electron chi connectivity index (χ1n) is 6.49. The highest BCUT2D eigenvalue weighted by Crippen LogP contribution is 2.47. The Morgan fingerprint density at radius 2 is 2.00 bits per heavy atom. The van der Waals surface area contributed by atoms with E-state index in [1.54, 1.807) is 0 Å². The highest BCUT2D eigenvalue weighted by atomic mass is 19.3. The average Bonchev–Trinajstić information content (AvgIpc) is 3.17. The molecule has 1 amide bonds. The summed E-state index contributed by atoms with van der Waals surface area (Å²) in [5.41, 5.74) is 0.440. The van der Waals surface area contributed by atoms with E-state index in [4.69, 9.17) is 5.11 Å². The first kappa shape index (κ1) is 14.7. The molecule has 0 saturated heterocycles. The molecule has 0 bridgehead atoms. The number of hydrogen-bond donors (Lipinski definition) is 2. The van der Waals surface area contributed by atoms with Crippen molar-refractivity contribution in [1.29, 1.82) is 0 Å². The molecule has 0 aromatic heterocycles. The Morgan fingerprint density at radius 1 is 1.35 bits per heavy atom. The van der Waals surface area contributed by atoms with Crippen molar-refractivity contribution in [1.82, 2.24) is 5.32 Å². The molecule has 2 N–H and O–H groups in total. The van der Waals surface area contributed by atoms with Crippen molar-refractivity contribution in [2.24, 2.45) is 5.41 Å². The summed E-state index contributed by atoms with van der Waals surface area (Å²) in [5, 5.41) is 11.7. The lowest BCUT2D eigenvalue weighted by Crippen LogP contribution is -2.30. The van der Waals surface area contributed by atoms with Gasteiger partial charge in [-0.15, -0.1) is 0 Å². The lowest BCUT2D eigenvalue weighted by atomic mass is 10.0. The van der Waals surface area contributed by atoms with Crippen molar-refractivity contribution in [3.05, 3.63) is 29.8 Å². The van der Waals surface area contributed by atoms with E-state index in [0.29, 0.717) is 18.5 Å². The second-order valence-electron chi connectivity index (χ2n) is 5.06. The summed E-state index contributed by atoms with van der Waals surface area (Å²) in [6.45, 7) is -2.22. The van der Waals surface area contributed by atoms with Gasteiger partial charge in [-0.3, -0.25) is 4.79 Å². The molecule has 1 fully saturated rings. The van der Waals surface area contributed by atoms with E-state index in [1.807, 2.05) is 0 Å². The van der Waals surface area contributed by atoms with Crippen molar-refractivity contribution in [3.63, 3.8) is 0 Å². The fraction of sp³-hybridized carbons (Fsp3) is 0.500.